The van der Waals surface area contributed by atoms with E-state index in [9.17, 15) is 13.7 Å². The third-order valence-electron chi connectivity index (χ3n) is 4.77. The molecule has 0 bridgehead atoms. The second kappa shape index (κ2) is 8.44. The van der Waals surface area contributed by atoms with Crippen molar-refractivity contribution < 1.29 is 8.42 Å². The third kappa shape index (κ3) is 4.33. The summed E-state index contributed by atoms with van der Waals surface area (Å²) in [5.74, 6) is 0. The first-order chi connectivity index (χ1) is 15.0. The Balaban J connectivity index is 1.73. The van der Waals surface area contributed by atoms with Gasteiger partial charge in [-0.1, -0.05) is 54.6 Å². The smallest absolute Gasteiger partial charge is 0.239 e. The second-order valence-electron chi connectivity index (χ2n) is 6.84. The number of anilines is 1. The van der Waals surface area contributed by atoms with Gasteiger partial charge in [0, 0.05) is 23.9 Å². The Labute approximate surface area is 180 Å². The summed E-state index contributed by atoms with van der Waals surface area (Å²) in [7, 11) is -4.01. The molecule has 3 aromatic carbocycles. The lowest BCUT2D eigenvalue weighted by atomic mass is 10.1. The number of sulfonamides is 1. The number of primary sulfonamides is 1. The molecule has 0 atom stereocenters. The first-order valence-electron chi connectivity index (χ1n) is 9.46. The molecule has 0 saturated carbocycles. The number of benzene rings is 3. The average Bonchev–Trinajstić information content (AvgIpc) is 3.22. The van der Waals surface area contributed by atoms with Crippen LogP contribution in [-0.4, -0.2) is 18.2 Å². The fourth-order valence-corrected chi connectivity index (χ4v) is 4.02. The molecule has 0 aliphatic carbocycles. The van der Waals surface area contributed by atoms with Crippen molar-refractivity contribution in [3.05, 3.63) is 96.2 Å². The molecule has 0 amide bonds. The van der Waals surface area contributed by atoms with E-state index in [1.807, 2.05) is 72.9 Å². The molecule has 0 aliphatic rings. The summed E-state index contributed by atoms with van der Waals surface area (Å²) in [6, 6.07) is 26.0. The molecule has 0 aliphatic heterocycles. The summed E-state index contributed by atoms with van der Waals surface area (Å²) in [6.07, 6.45) is 1.92. The van der Waals surface area contributed by atoms with Crippen LogP contribution in [0.2, 0.25) is 0 Å². The highest BCUT2D eigenvalue weighted by Crippen LogP contribution is 2.27. The zero-order valence-corrected chi connectivity index (χ0v) is 17.3. The van der Waals surface area contributed by atoms with E-state index in [0.29, 0.717) is 12.2 Å². The van der Waals surface area contributed by atoms with Crippen molar-refractivity contribution in [3.63, 3.8) is 0 Å². The Morgan fingerprint density at radius 3 is 2.29 bits per heavy atom. The fourth-order valence-electron chi connectivity index (χ4n) is 3.31. The topological polar surface area (TPSA) is 114 Å². The van der Waals surface area contributed by atoms with E-state index < -0.39 is 10.0 Å². The predicted octanol–water partition coefficient (Wildman–Crippen LogP) is 3.67. The highest BCUT2D eigenvalue weighted by molar-refractivity contribution is 7.89. The van der Waals surface area contributed by atoms with Crippen LogP contribution < -0.4 is 10.5 Å². The van der Waals surface area contributed by atoms with Crippen LogP contribution >= 0.6 is 0 Å². The molecule has 3 N–H and O–H groups in total. The minimum absolute atomic E-state index is 0.0123. The molecule has 1 heterocycles. The van der Waals surface area contributed by atoms with Gasteiger partial charge in [-0.05, 0) is 24.3 Å². The molecule has 31 heavy (non-hydrogen) atoms. The first-order valence-corrected chi connectivity index (χ1v) is 11.0. The maximum absolute atomic E-state index is 11.8. The Morgan fingerprint density at radius 2 is 1.65 bits per heavy atom. The quantitative estimate of drug-likeness (QED) is 0.485. The zero-order valence-electron chi connectivity index (χ0n) is 16.4. The van der Waals surface area contributed by atoms with Crippen LogP contribution in [0.5, 0.6) is 0 Å². The average molecular weight is 430 g/mol. The SMILES string of the molecule is N#Cc1c(NCc2cn(-c3ccccc3)nc2-c2ccccc2)cccc1S(N)(=O)=O. The number of hydrogen-bond donors (Lipinski definition) is 2. The van der Waals surface area contributed by atoms with Gasteiger partial charge in [0.25, 0.3) is 0 Å². The van der Waals surface area contributed by atoms with Crippen molar-refractivity contribution in [1.82, 2.24) is 9.78 Å². The van der Waals surface area contributed by atoms with E-state index in [1.54, 1.807) is 16.8 Å². The Morgan fingerprint density at radius 1 is 0.968 bits per heavy atom. The normalized spacial score (nSPS) is 11.1. The van der Waals surface area contributed by atoms with Crippen molar-refractivity contribution >= 4 is 15.7 Å². The molecular weight excluding hydrogens is 410 g/mol. The van der Waals surface area contributed by atoms with Crippen LogP contribution in [-0.2, 0) is 16.6 Å². The van der Waals surface area contributed by atoms with Gasteiger partial charge in [0.1, 0.15) is 11.0 Å². The van der Waals surface area contributed by atoms with E-state index in [4.69, 9.17) is 10.2 Å². The van der Waals surface area contributed by atoms with E-state index in [0.717, 1.165) is 22.5 Å². The monoisotopic (exact) mass is 429 g/mol. The maximum Gasteiger partial charge on any atom is 0.239 e. The Hall–Kier alpha value is -3.93. The highest BCUT2D eigenvalue weighted by atomic mass is 32.2. The number of aromatic nitrogens is 2. The summed E-state index contributed by atoms with van der Waals surface area (Å²) >= 11 is 0. The Bertz CT molecular complexity index is 1360. The molecule has 4 rings (SSSR count). The number of nitriles is 1. The maximum atomic E-state index is 11.8. The van der Waals surface area contributed by atoms with Crippen LogP contribution in [0.1, 0.15) is 11.1 Å². The Kier molecular flexibility index (Phi) is 5.54. The lowest BCUT2D eigenvalue weighted by molar-refractivity contribution is 0.597. The molecule has 7 nitrogen and oxygen atoms in total. The van der Waals surface area contributed by atoms with Crippen molar-refractivity contribution in [1.29, 1.82) is 5.26 Å². The molecule has 0 unspecified atom stereocenters. The first kappa shape index (κ1) is 20.3. The number of nitrogens with zero attached hydrogens (tertiary/aromatic N) is 3. The highest BCUT2D eigenvalue weighted by Gasteiger charge is 2.18. The molecule has 0 fully saturated rings. The zero-order chi connectivity index (χ0) is 21.8. The van der Waals surface area contributed by atoms with E-state index >= 15 is 0 Å². The number of rotatable bonds is 6. The minimum Gasteiger partial charge on any atom is -0.380 e. The van der Waals surface area contributed by atoms with Crippen LogP contribution in [0.15, 0.2) is 90.0 Å². The summed E-state index contributed by atoms with van der Waals surface area (Å²) in [5.41, 5.74) is 3.92. The van der Waals surface area contributed by atoms with E-state index in [-0.39, 0.29) is 10.5 Å². The van der Waals surface area contributed by atoms with Gasteiger partial charge in [0.05, 0.1) is 22.6 Å². The van der Waals surface area contributed by atoms with Gasteiger partial charge >= 0.3 is 0 Å². The summed E-state index contributed by atoms with van der Waals surface area (Å²) < 4.78 is 25.4. The molecule has 1 aromatic heterocycles. The van der Waals surface area contributed by atoms with Crippen LogP contribution in [0.3, 0.4) is 0 Å². The standard InChI is InChI=1S/C23H19N5O2S/c24-14-20-21(12-7-13-22(20)31(25,29)30)26-15-18-16-28(19-10-5-2-6-11-19)27-23(18)17-8-3-1-4-9-17/h1-13,16,26H,15H2,(H2,25,29,30). The molecule has 0 radical (unpaired) electrons. The summed E-state index contributed by atoms with van der Waals surface area (Å²) in [6.45, 7) is 0.333. The molecule has 0 spiro atoms. The van der Waals surface area contributed by atoms with Gasteiger partial charge in [-0.2, -0.15) is 10.4 Å². The molecular formula is C23H19N5O2S. The van der Waals surface area contributed by atoms with Crippen LogP contribution in [0.25, 0.3) is 16.9 Å². The number of hydrogen-bond acceptors (Lipinski definition) is 5. The third-order valence-corrected chi connectivity index (χ3v) is 5.73. The number of nitrogens with one attached hydrogen (secondary N) is 1. The minimum atomic E-state index is -4.01. The lowest BCUT2D eigenvalue weighted by Crippen LogP contribution is -2.15. The second-order valence-corrected chi connectivity index (χ2v) is 8.37. The molecule has 0 saturated heterocycles. The number of nitrogens with two attached hydrogens (primary N) is 1. The van der Waals surface area contributed by atoms with Gasteiger partial charge < -0.3 is 5.32 Å². The van der Waals surface area contributed by atoms with Crippen molar-refractivity contribution in [2.24, 2.45) is 5.14 Å². The predicted molar refractivity (Wildman–Crippen MR) is 119 cm³/mol. The van der Waals surface area contributed by atoms with E-state index in [1.165, 1.54) is 6.07 Å². The van der Waals surface area contributed by atoms with Crippen molar-refractivity contribution in [2.75, 3.05) is 5.32 Å². The fraction of sp³-hybridized carbons (Fsp3) is 0.0435. The molecule has 4 aromatic rings. The van der Waals surface area contributed by atoms with Crippen LogP contribution in [0.4, 0.5) is 5.69 Å². The number of para-hydroxylation sites is 1. The van der Waals surface area contributed by atoms with Crippen LogP contribution in [0, 0.1) is 11.3 Å². The van der Waals surface area contributed by atoms with Gasteiger partial charge in [-0.25, -0.2) is 18.2 Å². The molecule has 154 valence electrons. The van der Waals surface area contributed by atoms with Gasteiger partial charge in [-0.15, -0.1) is 0 Å². The van der Waals surface area contributed by atoms with Gasteiger partial charge in [0.15, 0.2) is 0 Å². The molecule has 8 heteroatoms. The lowest BCUT2D eigenvalue weighted by Gasteiger charge is -2.11. The summed E-state index contributed by atoms with van der Waals surface area (Å²) in [5, 5.41) is 22.7. The van der Waals surface area contributed by atoms with E-state index in [2.05, 4.69) is 5.32 Å². The van der Waals surface area contributed by atoms with Gasteiger partial charge in [0.2, 0.25) is 10.0 Å². The van der Waals surface area contributed by atoms with Crippen molar-refractivity contribution in [3.8, 4) is 23.0 Å². The van der Waals surface area contributed by atoms with Crippen molar-refractivity contribution in [2.45, 2.75) is 11.4 Å². The largest absolute Gasteiger partial charge is 0.380 e. The summed E-state index contributed by atoms with van der Waals surface area (Å²) in [4.78, 5) is -0.205. The van der Waals surface area contributed by atoms with Gasteiger partial charge in [-0.3, -0.25) is 0 Å².